The first-order valence-electron chi connectivity index (χ1n) is 5.64. The molecule has 0 aliphatic carbocycles. The number of hydrogen-bond acceptors (Lipinski definition) is 2. The van der Waals surface area contributed by atoms with Crippen LogP contribution in [0, 0.1) is 12.8 Å². The normalized spacial score (nSPS) is 22.9. The average Bonchev–Trinajstić information content (AvgIpc) is 2.74. The van der Waals surface area contributed by atoms with E-state index in [1.54, 1.807) is 0 Å². The molecule has 82 valence electrons. The average molecular weight is 205 g/mol. The molecule has 0 spiro atoms. The van der Waals surface area contributed by atoms with Crippen molar-refractivity contribution >= 4 is 0 Å². The van der Waals surface area contributed by atoms with Gasteiger partial charge in [0.25, 0.3) is 0 Å². The fourth-order valence-electron chi connectivity index (χ4n) is 2.05. The molecule has 0 bridgehead atoms. The minimum atomic E-state index is 0.246. The summed E-state index contributed by atoms with van der Waals surface area (Å²) in [6.45, 7) is 3.83. The van der Waals surface area contributed by atoms with E-state index in [9.17, 15) is 0 Å². The quantitative estimate of drug-likeness (QED) is 0.818. The Morgan fingerprint density at radius 2 is 2.13 bits per heavy atom. The van der Waals surface area contributed by atoms with E-state index in [2.05, 4.69) is 31.2 Å². The molecule has 2 atom stereocenters. The van der Waals surface area contributed by atoms with Crippen LogP contribution in [0.1, 0.15) is 17.5 Å². The van der Waals surface area contributed by atoms with E-state index in [1.807, 2.05) is 0 Å². The zero-order valence-corrected chi connectivity index (χ0v) is 9.28. The van der Waals surface area contributed by atoms with E-state index < -0.39 is 0 Å². The SMILES string of the molecule is Cc1ccc(CC(N)C2CCOC2)cc1. The van der Waals surface area contributed by atoms with Crippen LogP contribution in [-0.4, -0.2) is 19.3 Å². The highest BCUT2D eigenvalue weighted by molar-refractivity contribution is 5.22. The highest BCUT2D eigenvalue weighted by Gasteiger charge is 2.22. The van der Waals surface area contributed by atoms with Crippen LogP contribution in [0.2, 0.25) is 0 Å². The molecule has 15 heavy (non-hydrogen) atoms. The molecule has 0 saturated carbocycles. The molecule has 2 nitrogen and oxygen atoms in total. The van der Waals surface area contributed by atoms with Gasteiger partial charge in [0.05, 0.1) is 6.61 Å². The molecule has 1 aromatic carbocycles. The molecule has 0 radical (unpaired) electrons. The topological polar surface area (TPSA) is 35.2 Å². The second-order valence-corrected chi connectivity index (χ2v) is 4.48. The summed E-state index contributed by atoms with van der Waals surface area (Å²) in [7, 11) is 0. The summed E-state index contributed by atoms with van der Waals surface area (Å²) in [6.07, 6.45) is 2.08. The molecule has 1 saturated heterocycles. The maximum absolute atomic E-state index is 6.17. The third kappa shape index (κ3) is 2.80. The number of benzene rings is 1. The Kier molecular flexibility index (Phi) is 3.39. The van der Waals surface area contributed by atoms with Crippen molar-refractivity contribution in [1.82, 2.24) is 0 Å². The van der Waals surface area contributed by atoms with E-state index in [1.165, 1.54) is 11.1 Å². The van der Waals surface area contributed by atoms with Crippen LogP contribution < -0.4 is 5.73 Å². The molecule has 1 fully saturated rings. The Bertz CT molecular complexity index is 301. The fraction of sp³-hybridized carbons (Fsp3) is 0.538. The third-order valence-corrected chi connectivity index (χ3v) is 3.16. The third-order valence-electron chi connectivity index (χ3n) is 3.16. The maximum atomic E-state index is 6.17. The van der Waals surface area contributed by atoms with Crippen molar-refractivity contribution in [3.63, 3.8) is 0 Å². The van der Waals surface area contributed by atoms with Gasteiger partial charge in [0, 0.05) is 12.6 Å². The van der Waals surface area contributed by atoms with E-state index in [4.69, 9.17) is 10.5 Å². The van der Waals surface area contributed by atoms with Gasteiger partial charge in [-0.3, -0.25) is 0 Å². The van der Waals surface area contributed by atoms with Gasteiger partial charge in [-0.15, -0.1) is 0 Å². The summed E-state index contributed by atoms with van der Waals surface area (Å²) >= 11 is 0. The standard InChI is InChI=1S/C13H19NO/c1-10-2-4-11(5-3-10)8-13(14)12-6-7-15-9-12/h2-5,12-13H,6-9,14H2,1H3. The molecule has 2 unspecified atom stereocenters. The summed E-state index contributed by atoms with van der Waals surface area (Å²) in [6, 6.07) is 8.88. The van der Waals surface area contributed by atoms with Gasteiger partial charge in [-0.25, -0.2) is 0 Å². The monoisotopic (exact) mass is 205 g/mol. The smallest absolute Gasteiger partial charge is 0.0510 e. The first kappa shape index (κ1) is 10.7. The molecular formula is C13H19NO. The number of ether oxygens (including phenoxy) is 1. The summed E-state index contributed by atoms with van der Waals surface area (Å²) < 4.78 is 5.36. The van der Waals surface area contributed by atoms with Crippen molar-refractivity contribution in [3.8, 4) is 0 Å². The Labute approximate surface area is 91.4 Å². The Morgan fingerprint density at radius 1 is 1.40 bits per heavy atom. The van der Waals surface area contributed by atoms with Crippen molar-refractivity contribution in [2.45, 2.75) is 25.8 Å². The van der Waals surface area contributed by atoms with Crippen LogP contribution in [0.3, 0.4) is 0 Å². The number of nitrogens with two attached hydrogens (primary N) is 1. The van der Waals surface area contributed by atoms with E-state index in [-0.39, 0.29) is 6.04 Å². The highest BCUT2D eigenvalue weighted by atomic mass is 16.5. The van der Waals surface area contributed by atoms with Gasteiger partial charge in [0.15, 0.2) is 0 Å². The van der Waals surface area contributed by atoms with Gasteiger partial charge in [0.2, 0.25) is 0 Å². The van der Waals surface area contributed by atoms with Crippen LogP contribution in [0.4, 0.5) is 0 Å². The Balaban J connectivity index is 1.92. The first-order valence-corrected chi connectivity index (χ1v) is 5.64. The summed E-state index contributed by atoms with van der Waals surface area (Å²) in [4.78, 5) is 0. The first-order chi connectivity index (χ1) is 7.25. The van der Waals surface area contributed by atoms with E-state index >= 15 is 0 Å². The fourth-order valence-corrected chi connectivity index (χ4v) is 2.05. The van der Waals surface area contributed by atoms with Gasteiger partial charge in [-0.2, -0.15) is 0 Å². The van der Waals surface area contributed by atoms with Gasteiger partial charge < -0.3 is 10.5 Å². The minimum Gasteiger partial charge on any atom is -0.381 e. The van der Waals surface area contributed by atoms with Gasteiger partial charge >= 0.3 is 0 Å². The molecule has 2 heteroatoms. The molecule has 1 aliphatic rings. The number of aryl methyl sites for hydroxylation is 1. The molecule has 2 rings (SSSR count). The van der Waals surface area contributed by atoms with Crippen LogP contribution in [0.5, 0.6) is 0 Å². The van der Waals surface area contributed by atoms with Crippen molar-refractivity contribution in [1.29, 1.82) is 0 Å². The second-order valence-electron chi connectivity index (χ2n) is 4.48. The van der Waals surface area contributed by atoms with Crippen LogP contribution in [-0.2, 0) is 11.2 Å². The number of hydrogen-bond donors (Lipinski definition) is 1. The van der Waals surface area contributed by atoms with E-state index in [0.29, 0.717) is 5.92 Å². The van der Waals surface area contributed by atoms with Crippen molar-refractivity contribution in [2.75, 3.05) is 13.2 Å². The van der Waals surface area contributed by atoms with Gasteiger partial charge in [-0.1, -0.05) is 29.8 Å². The van der Waals surface area contributed by atoms with Crippen LogP contribution >= 0.6 is 0 Å². The molecule has 0 aromatic heterocycles. The van der Waals surface area contributed by atoms with Gasteiger partial charge in [0.1, 0.15) is 0 Å². The predicted molar refractivity (Wildman–Crippen MR) is 61.8 cm³/mol. The van der Waals surface area contributed by atoms with Crippen molar-refractivity contribution in [3.05, 3.63) is 35.4 Å². The summed E-state index contributed by atoms with van der Waals surface area (Å²) in [5, 5.41) is 0. The van der Waals surface area contributed by atoms with Crippen molar-refractivity contribution < 1.29 is 4.74 Å². The number of rotatable bonds is 3. The molecule has 0 amide bonds. The molecule has 2 N–H and O–H groups in total. The Hall–Kier alpha value is -0.860. The largest absolute Gasteiger partial charge is 0.381 e. The molecule has 1 heterocycles. The lowest BCUT2D eigenvalue weighted by Gasteiger charge is -2.17. The second kappa shape index (κ2) is 4.77. The van der Waals surface area contributed by atoms with Crippen LogP contribution in [0.15, 0.2) is 24.3 Å². The zero-order chi connectivity index (χ0) is 10.7. The molecular weight excluding hydrogens is 186 g/mol. The maximum Gasteiger partial charge on any atom is 0.0510 e. The lowest BCUT2D eigenvalue weighted by atomic mass is 9.93. The Morgan fingerprint density at radius 3 is 2.73 bits per heavy atom. The lowest BCUT2D eigenvalue weighted by Crippen LogP contribution is -2.32. The van der Waals surface area contributed by atoms with Gasteiger partial charge in [-0.05, 0) is 31.2 Å². The van der Waals surface area contributed by atoms with Crippen LogP contribution in [0.25, 0.3) is 0 Å². The summed E-state index contributed by atoms with van der Waals surface area (Å²) in [5.41, 5.74) is 8.80. The highest BCUT2D eigenvalue weighted by Crippen LogP contribution is 2.18. The zero-order valence-electron chi connectivity index (χ0n) is 9.28. The molecule has 1 aromatic rings. The molecule has 1 aliphatic heterocycles. The van der Waals surface area contributed by atoms with Crippen molar-refractivity contribution in [2.24, 2.45) is 11.7 Å². The lowest BCUT2D eigenvalue weighted by molar-refractivity contribution is 0.180. The predicted octanol–water partition coefficient (Wildman–Crippen LogP) is 1.90. The van der Waals surface area contributed by atoms with E-state index in [0.717, 1.165) is 26.1 Å². The minimum absolute atomic E-state index is 0.246. The summed E-state index contributed by atoms with van der Waals surface area (Å²) in [5.74, 6) is 0.548.